The molecule has 2 rings (SSSR count). The first-order valence-electron chi connectivity index (χ1n) is 8.02. The fourth-order valence-electron chi connectivity index (χ4n) is 2.29. The highest BCUT2D eigenvalue weighted by Crippen LogP contribution is 2.16. The summed E-state index contributed by atoms with van der Waals surface area (Å²) in [4.78, 5) is 4.42. The van der Waals surface area contributed by atoms with Crippen LogP contribution in [-0.2, 0) is 6.54 Å². The molecular weight excluding hydrogens is 466 g/mol. The van der Waals surface area contributed by atoms with Crippen molar-refractivity contribution >= 4 is 41.5 Å². The van der Waals surface area contributed by atoms with Gasteiger partial charge < -0.3 is 10.6 Å². The monoisotopic (exact) mass is 486 g/mol. The molecule has 2 N–H and O–H groups in total. The zero-order valence-electron chi connectivity index (χ0n) is 14.6. The summed E-state index contributed by atoms with van der Waals surface area (Å²) >= 11 is 5.91. The van der Waals surface area contributed by atoms with Crippen LogP contribution in [0.3, 0.4) is 0 Å². The van der Waals surface area contributed by atoms with E-state index in [0.717, 1.165) is 5.56 Å². The van der Waals surface area contributed by atoms with Gasteiger partial charge in [-0.05, 0) is 49.7 Å². The number of benzene rings is 2. The number of rotatable bonds is 5. The van der Waals surface area contributed by atoms with Gasteiger partial charge in [-0.1, -0.05) is 23.7 Å². The molecule has 1 unspecified atom stereocenters. The van der Waals surface area contributed by atoms with E-state index in [1.54, 1.807) is 0 Å². The van der Waals surface area contributed by atoms with E-state index >= 15 is 0 Å². The quantitative estimate of drug-likeness (QED) is 0.363. The van der Waals surface area contributed by atoms with Crippen LogP contribution < -0.4 is 10.6 Å². The summed E-state index contributed by atoms with van der Waals surface area (Å²) in [5, 5.41) is 16.0. The van der Waals surface area contributed by atoms with Gasteiger partial charge in [-0.25, -0.2) is 9.38 Å². The number of hydrogen-bond donors (Lipinski definition) is 2. The van der Waals surface area contributed by atoms with Gasteiger partial charge in [-0.2, -0.15) is 5.26 Å². The van der Waals surface area contributed by atoms with Gasteiger partial charge in [0.25, 0.3) is 0 Å². The number of nitrogens with zero attached hydrogens (tertiary/aromatic N) is 2. The number of aliphatic imine (C=N–C) groups is 1. The molecule has 0 aliphatic carbocycles. The predicted octanol–water partition coefficient (Wildman–Crippen LogP) is 4.79. The number of nitriles is 1. The molecule has 4 nitrogen and oxygen atoms in total. The standard InChI is InChI=1S/C19H20ClFN4.HI/c1-3-23-19(25-13(2)15-5-7-17(20)8-6-15)24-12-16-10-14(11-22)4-9-18(16)21;/h4-10,13H,3,12H2,1-2H3,(H2,23,24,25);1H. The first-order valence-corrected chi connectivity index (χ1v) is 8.40. The molecule has 0 saturated heterocycles. The highest BCUT2D eigenvalue weighted by molar-refractivity contribution is 14.0. The minimum atomic E-state index is -0.371. The second kappa shape index (κ2) is 11.0. The van der Waals surface area contributed by atoms with Crippen molar-refractivity contribution in [3.8, 4) is 6.07 Å². The predicted molar refractivity (Wildman–Crippen MR) is 114 cm³/mol. The summed E-state index contributed by atoms with van der Waals surface area (Å²) in [7, 11) is 0. The molecule has 0 bridgehead atoms. The minimum Gasteiger partial charge on any atom is -0.357 e. The lowest BCUT2D eigenvalue weighted by Gasteiger charge is -2.18. The number of nitrogens with one attached hydrogen (secondary N) is 2. The van der Waals surface area contributed by atoms with Crippen LogP contribution in [0.1, 0.15) is 36.6 Å². The van der Waals surface area contributed by atoms with Crippen LogP contribution in [-0.4, -0.2) is 12.5 Å². The van der Waals surface area contributed by atoms with E-state index in [1.807, 2.05) is 44.2 Å². The second-order valence-corrected chi connectivity index (χ2v) is 5.97. The molecule has 2 aromatic rings. The Bertz CT molecular complexity index is 787. The number of halogens is 3. The average Bonchev–Trinajstić information content (AvgIpc) is 2.61. The Morgan fingerprint density at radius 1 is 1.27 bits per heavy atom. The molecule has 0 aliphatic heterocycles. The SMILES string of the molecule is CCNC(=NCc1cc(C#N)ccc1F)NC(C)c1ccc(Cl)cc1.I. The third-order valence-electron chi connectivity index (χ3n) is 3.65. The molecule has 0 saturated carbocycles. The highest BCUT2D eigenvalue weighted by atomic mass is 127. The summed E-state index contributed by atoms with van der Waals surface area (Å²) in [5.74, 6) is 0.205. The van der Waals surface area contributed by atoms with Gasteiger partial charge in [0, 0.05) is 17.1 Å². The van der Waals surface area contributed by atoms with E-state index in [9.17, 15) is 4.39 Å². The highest BCUT2D eigenvalue weighted by Gasteiger charge is 2.09. The Morgan fingerprint density at radius 2 is 1.96 bits per heavy atom. The van der Waals surface area contributed by atoms with E-state index in [1.165, 1.54) is 18.2 Å². The van der Waals surface area contributed by atoms with Crippen LogP contribution in [0, 0.1) is 17.1 Å². The van der Waals surface area contributed by atoms with Crippen molar-refractivity contribution < 1.29 is 4.39 Å². The maximum absolute atomic E-state index is 13.9. The van der Waals surface area contributed by atoms with Crippen molar-refractivity contribution in [2.24, 2.45) is 4.99 Å². The lowest BCUT2D eigenvalue weighted by molar-refractivity contribution is 0.609. The van der Waals surface area contributed by atoms with Crippen LogP contribution in [0.4, 0.5) is 4.39 Å². The van der Waals surface area contributed by atoms with Crippen molar-refractivity contribution in [3.05, 3.63) is 70.0 Å². The Kier molecular flexibility index (Phi) is 9.38. The van der Waals surface area contributed by atoms with Crippen molar-refractivity contribution in [2.45, 2.75) is 26.4 Å². The van der Waals surface area contributed by atoms with Gasteiger partial charge in [0.05, 0.1) is 24.2 Å². The molecule has 0 amide bonds. The van der Waals surface area contributed by atoms with Crippen LogP contribution in [0.15, 0.2) is 47.5 Å². The molecule has 138 valence electrons. The smallest absolute Gasteiger partial charge is 0.192 e. The Morgan fingerprint density at radius 3 is 2.58 bits per heavy atom. The maximum atomic E-state index is 13.9. The van der Waals surface area contributed by atoms with Gasteiger partial charge in [0.2, 0.25) is 0 Å². The third kappa shape index (κ3) is 6.46. The largest absolute Gasteiger partial charge is 0.357 e. The fourth-order valence-corrected chi connectivity index (χ4v) is 2.42. The molecule has 2 aromatic carbocycles. The van der Waals surface area contributed by atoms with E-state index < -0.39 is 0 Å². The molecule has 0 radical (unpaired) electrons. The van der Waals surface area contributed by atoms with Crippen LogP contribution in [0.5, 0.6) is 0 Å². The van der Waals surface area contributed by atoms with E-state index in [2.05, 4.69) is 15.6 Å². The average molecular weight is 487 g/mol. The Balaban J connectivity index is 0.00000338. The van der Waals surface area contributed by atoms with Crippen LogP contribution >= 0.6 is 35.6 Å². The third-order valence-corrected chi connectivity index (χ3v) is 3.90. The summed E-state index contributed by atoms with van der Waals surface area (Å²) in [5.41, 5.74) is 1.86. The lowest BCUT2D eigenvalue weighted by atomic mass is 10.1. The van der Waals surface area contributed by atoms with Crippen LogP contribution in [0.2, 0.25) is 5.02 Å². The second-order valence-electron chi connectivity index (χ2n) is 5.53. The summed E-state index contributed by atoms with van der Waals surface area (Å²) in [6.07, 6.45) is 0. The molecule has 1 atom stereocenters. The van der Waals surface area contributed by atoms with E-state index in [0.29, 0.717) is 28.7 Å². The van der Waals surface area contributed by atoms with Crippen LogP contribution in [0.25, 0.3) is 0 Å². The number of guanidine groups is 1. The van der Waals surface area contributed by atoms with E-state index in [-0.39, 0.29) is 42.4 Å². The van der Waals surface area contributed by atoms with Crippen molar-refractivity contribution in [1.82, 2.24) is 10.6 Å². The maximum Gasteiger partial charge on any atom is 0.192 e. The van der Waals surface area contributed by atoms with Crippen molar-refractivity contribution in [1.29, 1.82) is 5.26 Å². The normalized spacial score (nSPS) is 11.9. The summed E-state index contributed by atoms with van der Waals surface area (Å²) < 4.78 is 13.9. The first kappa shape index (κ1) is 22.2. The molecule has 26 heavy (non-hydrogen) atoms. The molecule has 0 fully saturated rings. The summed E-state index contributed by atoms with van der Waals surface area (Å²) in [6.45, 7) is 4.79. The zero-order valence-corrected chi connectivity index (χ0v) is 17.7. The van der Waals surface area contributed by atoms with Gasteiger partial charge in [0.1, 0.15) is 5.82 Å². The molecule has 0 heterocycles. The topological polar surface area (TPSA) is 60.2 Å². The minimum absolute atomic E-state index is 0. The van der Waals surface area contributed by atoms with Gasteiger partial charge in [0.15, 0.2) is 5.96 Å². The number of hydrogen-bond acceptors (Lipinski definition) is 2. The van der Waals surface area contributed by atoms with Crippen molar-refractivity contribution in [3.63, 3.8) is 0 Å². The molecule has 0 spiro atoms. The Hall–Kier alpha value is -1.85. The fraction of sp³-hybridized carbons (Fsp3) is 0.263. The first-order chi connectivity index (χ1) is 12.0. The lowest BCUT2D eigenvalue weighted by Crippen LogP contribution is -2.38. The summed E-state index contributed by atoms with van der Waals surface area (Å²) in [6, 6.07) is 13.8. The van der Waals surface area contributed by atoms with E-state index in [4.69, 9.17) is 16.9 Å². The van der Waals surface area contributed by atoms with Gasteiger partial charge in [-0.3, -0.25) is 0 Å². The van der Waals surface area contributed by atoms with Gasteiger partial charge in [-0.15, -0.1) is 24.0 Å². The van der Waals surface area contributed by atoms with Crippen molar-refractivity contribution in [2.75, 3.05) is 6.54 Å². The molecule has 0 aliphatic rings. The van der Waals surface area contributed by atoms with Gasteiger partial charge >= 0.3 is 0 Å². The Labute approximate surface area is 175 Å². The molecule has 0 aromatic heterocycles. The zero-order chi connectivity index (χ0) is 18.2. The molecule has 7 heteroatoms. The molecular formula is C19H21ClFIN4.